The summed E-state index contributed by atoms with van der Waals surface area (Å²) in [7, 11) is 1.69. The van der Waals surface area contributed by atoms with Crippen molar-refractivity contribution in [1.82, 2.24) is 0 Å². The standard InChI is InChI=1S/C14H22O2/c1-11-7-5-6-8-13(11)14(3,15)12(2)9-10-16-4/h5-8,12,15H,9-10H2,1-4H3. The average Bonchev–Trinajstić information content (AvgIpc) is 2.26. The van der Waals surface area contributed by atoms with Crippen LogP contribution in [0.3, 0.4) is 0 Å². The summed E-state index contributed by atoms with van der Waals surface area (Å²) in [6.07, 6.45) is 0.859. The zero-order valence-electron chi connectivity index (χ0n) is 10.7. The molecule has 2 atom stereocenters. The molecule has 0 amide bonds. The fraction of sp³-hybridized carbons (Fsp3) is 0.571. The lowest BCUT2D eigenvalue weighted by Crippen LogP contribution is -2.31. The molecule has 2 unspecified atom stereocenters. The Morgan fingerprint density at radius 3 is 2.56 bits per heavy atom. The predicted molar refractivity (Wildman–Crippen MR) is 66.4 cm³/mol. The Morgan fingerprint density at radius 1 is 1.38 bits per heavy atom. The quantitative estimate of drug-likeness (QED) is 0.830. The normalized spacial score (nSPS) is 16.8. The van der Waals surface area contributed by atoms with Gasteiger partial charge in [-0.2, -0.15) is 0 Å². The number of hydrogen-bond acceptors (Lipinski definition) is 2. The Bertz CT molecular complexity index is 331. The van der Waals surface area contributed by atoms with E-state index >= 15 is 0 Å². The third-order valence-corrected chi connectivity index (χ3v) is 3.40. The van der Waals surface area contributed by atoms with Crippen LogP contribution in [0, 0.1) is 12.8 Å². The maximum Gasteiger partial charge on any atom is 0.0897 e. The van der Waals surface area contributed by atoms with Crippen molar-refractivity contribution in [2.75, 3.05) is 13.7 Å². The number of aryl methyl sites for hydroxylation is 1. The number of hydrogen-bond donors (Lipinski definition) is 1. The number of methoxy groups -OCH3 is 1. The molecular weight excluding hydrogens is 200 g/mol. The van der Waals surface area contributed by atoms with Gasteiger partial charge in [0, 0.05) is 13.7 Å². The Morgan fingerprint density at radius 2 is 2.00 bits per heavy atom. The van der Waals surface area contributed by atoms with Gasteiger partial charge in [-0.3, -0.25) is 0 Å². The van der Waals surface area contributed by atoms with E-state index in [1.165, 1.54) is 0 Å². The zero-order chi connectivity index (χ0) is 12.2. The van der Waals surface area contributed by atoms with Gasteiger partial charge in [-0.25, -0.2) is 0 Å². The molecule has 0 aromatic heterocycles. The van der Waals surface area contributed by atoms with E-state index in [1.54, 1.807) is 7.11 Å². The second kappa shape index (κ2) is 5.46. The highest BCUT2D eigenvalue weighted by Gasteiger charge is 2.31. The van der Waals surface area contributed by atoms with E-state index in [1.807, 2.05) is 38.1 Å². The van der Waals surface area contributed by atoms with Crippen LogP contribution in [0.5, 0.6) is 0 Å². The summed E-state index contributed by atoms with van der Waals surface area (Å²) in [5.41, 5.74) is 1.36. The van der Waals surface area contributed by atoms with Crippen molar-refractivity contribution in [1.29, 1.82) is 0 Å². The molecule has 0 spiro atoms. The van der Waals surface area contributed by atoms with Gasteiger partial charge >= 0.3 is 0 Å². The summed E-state index contributed by atoms with van der Waals surface area (Å²) < 4.78 is 5.06. The fourth-order valence-corrected chi connectivity index (χ4v) is 1.98. The molecule has 0 aliphatic heterocycles. The molecule has 1 aromatic rings. The monoisotopic (exact) mass is 222 g/mol. The van der Waals surface area contributed by atoms with E-state index in [9.17, 15) is 5.11 Å². The molecule has 0 bridgehead atoms. The minimum atomic E-state index is -0.788. The third kappa shape index (κ3) is 2.83. The van der Waals surface area contributed by atoms with Crippen molar-refractivity contribution >= 4 is 0 Å². The highest BCUT2D eigenvalue weighted by atomic mass is 16.5. The van der Waals surface area contributed by atoms with Crippen molar-refractivity contribution in [3.8, 4) is 0 Å². The minimum Gasteiger partial charge on any atom is -0.385 e. The molecule has 0 radical (unpaired) electrons. The lowest BCUT2D eigenvalue weighted by Gasteiger charge is -2.32. The molecule has 1 rings (SSSR count). The van der Waals surface area contributed by atoms with Gasteiger partial charge in [0.1, 0.15) is 0 Å². The molecule has 0 aliphatic rings. The van der Waals surface area contributed by atoms with Crippen LogP contribution < -0.4 is 0 Å². The molecule has 2 heteroatoms. The number of rotatable bonds is 5. The smallest absolute Gasteiger partial charge is 0.0897 e. The molecule has 2 nitrogen and oxygen atoms in total. The topological polar surface area (TPSA) is 29.5 Å². The van der Waals surface area contributed by atoms with Crippen molar-refractivity contribution in [3.63, 3.8) is 0 Å². The van der Waals surface area contributed by atoms with Gasteiger partial charge in [-0.05, 0) is 37.3 Å². The third-order valence-electron chi connectivity index (χ3n) is 3.40. The van der Waals surface area contributed by atoms with Crippen LogP contribution in [0.25, 0.3) is 0 Å². The summed E-state index contributed by atoms with van der Waals surface area (Å²) in [6.45, 7) is 6.66. The first kappa shape index (κ1) is 13.2. The van der Waals surface area contributed by atoms with E-state index in [4.69, 9.17) is 4.74 Å². The van der Waals surface area contributed by atoms with Gasteiger partial charge < -0.3 is 9.84 Å². The predicted octanol–water partition coefficient (Wildman–Crippen LogP) is 2.88. The maximum atomic E-state index is 10.6. The van der Waals surface area contributed by atoms with Crippen molar-refractivity contribution in [2.45, 2.75) is 32.8 Å². The Hall–Kier alpha value is -0.860. The minimum absolute atomic E-state index is 0.175. The number of aliphatic hydroxyl groups is 1. The van der Waals surface area contributed by atoms with Gasteiger partial charge in [0.25, 0.3) is 0 Å². The number of ether oxygens (including phenoxy) is 1. The second-order valence-corrected chi connectivity index (χ2v) is 4.64. The Balaban J connectivity index is 2.88. The summed E-state index contributed by atoms with van der Waals surface area (Å²) in [5, 5.41) is 10.6. The Kier molecular flexibility index (Phi) is 4.51. The summed E-state index contributed by atoms with van der Waals surface area (Å²) in [4.78, 5) is 0. The largest absolute Gasteiger partial charge is 0.385 e. The van der Waals surface area contributed by atoms with Gasteiger partial charge in [-0.1, -0.05) is 31.2 Å². The van der Waals surface area contributed by atoms with Crippen LogP contribution >= 0.6 is 0 Å². The first-order valence-corrected chi connectivity index (χ1v) is 5.77. The average molecular weight is 222 g/mol. The van der Waals surface area contributed by atoms with Crippen LogP contribution in [0.2, 0.25) is 0 Å². The van der Waals surface area contributed by atoms with Gasteiger partial charge in [0.2, 0.25) is 0 Å². The van der Waals surface area contributed by atoms with Crippen LogP contribution in [0.15, 0.2) is 24.3 Å². The van der Waals surface area contributed by atoms with E-state index in [0.717, 1.165) is 17.5 Å². The van der Waals surface area contributed by atoms with Crippen LogP contribution in [0.1, 0.15) is 31.4 Å². The van der Waals surface area contributed by atoms with E-state index in [0.29, 0.717) is 6.61 Å². The van der Waals surface area contributed by atoms with Crippen LogP contribution in [-0.4, -0.2) is 18.8 Å². The summed E-state index contributed by atoms with van der Waals surface area (Å²) in [6, 6.07) is 8.00. The molecule has 1 aromatic carbocycles. The van der Waals surface area contributed by atoms with Gasteiger partial charge in [0.15, 0.2) is 0 Å². The fourth-order valence-electron chi connectivity index (χ4n) is 1.98. The van der Waals surface area contributed by atoms with Gasteiger partial charge in [0.05, 0.1) is 5.60 Å². The van der Waals surface area contributed by atoms with Gasteiger partial charge in [-0.15, -0.1) is 0 Å². The molecule has 0 saturated heterocycles. The highest BCUT2D eigenvalue weighted by Crippen LogP contribution is 2.33. The molecule has 0 fully saturated rings. The van der Waals surface area contributed by atoms with Crippen molar-refractivity contribution in [2.24, 2.45) is 5.92 Å². The first-order valence-electron chi connectivity index (χ1n) is 5.77. The van der Waals surface area contributed by atoms with E-state index < -0.39 is 5.60 Å². The van der Waals surface area contributed by atoms with Crippen LogP contribution in [-0.2, 0) is 10.3 Å². The van der Waals surface area contributed by atoms with E-state index in [2.05, 4.69) is 6.92 Å². The molecule has 0 heterocycles. The van der Waals surface area contributed by atoms with Crippen molar-refractivity contribution < 1.29 is 9.84 Å². The first-order chi connectivity index (χ1) is 7.50. The maximum absolute atomic E-state index is 10.6. The van der Waals surface area contributed by atoms with Crippen LogP contribution in [0.4, 0.5) is 0 Å². The highest BCUT2D eigenvalue weighted by molar-refractivity contribution is 5.31. The molecule has 1 N–H and O–H groups in total. The SMILES string of the molecule is COCCC(C)C(C)(O)c1ccccc1C. The lowest BCUT2D eigenvalue weighted by molar-refractivity contribution is -0.0112. The zero-order valence-corrected chi connectivity index (χ0v) is 10.7. The molecule has 16 heavy (non-hydrogen) atoms. The second-order valence-electron chi connectivity index (χ2n) is 4.64. The lowest BCUT2D eigenvalue weighted by atomic mass is 9.80. The van der Waals surface area contributed by atoms with Crippen molar-refractivity contribution in [3.05, 3.63) is 35.4 Å². The molecular formula is C14H22O2. The summed E-state index contributed by atoms with van der Waals surface area (Å²) >= 11 is 0. The molecule has 0 saturated carbocycles. The number of benzene rings is 1. The molecule has 90 valence electrons. The Labute approximate surface area is 98.3 Å². The molecule has 0 aliphatic carbocycles. The van der Waals surface area contributed by atoms with E-state index in [-0.39, 0.29) is 5.92 Å². The summed E-state index contributed by atoms with van der Waals surface area (Å²) in [5.74, 6) is 0.175.